The molecule has 2 aliphatic heterocycles. The molecule has 0 unspecified atom stereocenters. The lowest BCUT2D eigenvalue weighted by Crippen LogP contribution is -2.47. The summed E-state index contributed by atoms with van der Waals surface area (Å²) in [7, 11) is -4.20. The molecule has 3 aromatic carbocycles. The average molecular weight is 768 g/mol. The Morgan fingerprint density at radius 1 is 0.963 bits per heavy atom. The Hall–Kier alpha value is -4.68. The molecule has 2 aromatic heterocycles. The topological polar surface area (TPSA) is 117 Å². The van der Waals surface area contributed by atoms with Gasteiger partial charge in [0, 0.05) is 67.5 Å². The van der Waals surface area contributed by atoms with Crippen molar-refractivity contribution in [2.75, 3.05) is 44.2 Å². The van der Waals surface area contributed by atoms with Crippen LogP contribution in [0.1, 0.15) is 58.4 Å². The number of rotatable bonds is 9. The minimum absolute atomic E-state index is 0.0937. The monoisotopic (exact) mass is 767 g/mol. The number of fused-ring (bicyclic) bond motifs is 1. The lowest BCUT2D eigenvalue weighted by molar-refractivity contribution is -0.0101. The van der Waals surface area contributed by atoms with Gasteiger partial charge in [-0.3, -0.25) is 9.69 Å². The summed E-state index contributed by atoms with van der Waals surface area (Å²) in [4.78, 5) is 26.2. The first-order valence-electron chi connectivity index (χ1n) is 18.1. The summed E-state index contributed by atoms with van der Waals surface area (Å²) < 4.78 is 42.4. The number of piperazine rings is 1. The number of halogens is 1. The van der Waals surface area contributed by atoms with Crippen molar-refractivity contribution in [3.63, 3.8) is 0 Å². The molecule has 0 radical (unpaired) electrons. The van der Waals surface area contributed by atoms with Crippen molar-refractivity contribution in [1.29, 1.82) is 0 Å². The number of anilines is 1. The van der Waals surface area contributed by atoms with Crippen LogP contribution in [0.15, 0.2) is 83.5 Å². The van der Waals surface area contributed by atoms with E-state index in [9.17, 15) is 13.2 Å². The third kappa shape index (κ3) is 7.91. The first-order chi connectivity index (χ1) is 25.7. The minimum Gasteiger partial charge on any atom is -0.455 e. The second kappa shape index (κ2) is 14.9. The highest BCUT2D eigenvalue weighted by atomic mass is 35.5. The van der Waals surface area contributed by atoms with Crippen LogP contribution in [0.3, 0.4) is 0 Å². The number of aromatic nitrogens is 2. The zero-order chi connectivity index (χ0) is 38.4. The number of benzene rings is 3. The van der Waals surface area contributed by atoms with Crippen LogP contribution in [0, 0.1) is 27.7 Å². The zero-order valence-electron chi connectivity index (χ0n) is 31.5. The van der Waals surface area contributed by atoms with Gasteiger partial charge in [-0.05, 0) is 117 Å². The highest BCUT2D eigenvalue weighted by molar-refractivity contribution is 7.90. The highest BCUT2D eigenvalue weighted by Crippen LogP contribution is 2.37. The maximum Gasteiger partial charge on any atom is 0.268 e. The van der Waals surface area contributed by atoms with Gasteiger partial charge in [-0.15, -0.1) is 0 Å². The summed E-state index contributed by atoms with van der Waals surface area (Å²) in [5, 5.41) is 1.56. The molecule has 7 rings (SSSR count). The second-order valence-corrected chi connectivity index (χ2v) is 17.0. The van der Waals surface area contributed by atoms with E-state index in [0.717, 1.165) is 66.4 Å². The van der Waals surface area contributed by atoms with E-state index in [4.69, 9.17) is 21.1 Å². The van der Waals surface area contributed by atoms with Crippen LogP contribution in [-0.4, -0.2) is 74.1 Å². The van der Waals surface area contributed by atoms with Gasteiger partial charge in [0.05, 0.1) is 28.9 Å². The fourth-order valence-corrected chi connectivity index (χ4v) is 9.11. The molecule has 0 atom stereocenters. The molecule has 1 fully saturated rings. The van der Waals surface area contributed by atoms with E-state index in [2.05, 4.69) is 50.5 Å². The van der Waals surface area contributed by atoms with Crippen LogP contribution in [-0.2, 0) is 14.8 Å². The Morgan fingerprint density at radius 2 is 1.70 bits per heavy atom. The number of aryl methyl sites for hydroxylation is 2. The number of sulfonamides is 1. The maximum absolute atomic E-state index is 13.9. The summed E-state index contributed by atoms with van der Waals surface area (Å²) in [6, 6.07) is 18.9. The normalized spacial score (nSPS) is 16.5. The number of pyridine rings is 1. The highest BCUT2D eigenvalue weighted by Gasteiger charge is 2.31. The van der Waals surface area contributed by atoms with Gasteiger partial charge in [0.1, 0.15) is 17.1 Å². The molecule has 282 valence electrons. The number of hydrogen-bond acceptors (Lipinski definition) is 8. The quantitative estimate of drug-likeness (QED) is 0.155. The van der Waals surface area contributed by atoms with Crippen LogP contribution in [0.5, 0.6) is 11.5 Å². The molecule has 0 saturated carbocycles. The van der Waals surface area contributed by atoms with Gasteiger partial charge in [0.15, 0.2) is 0 Å². The molecule has 12 heteroatoms. The lowest BCUT2D eigenvalue weighted by atomic mass is 9.87. The Kier molecular flexibility index (Phi) is 10.4. The Balaban J connectivity index is 1.13. The van der Waals surface area contributed by atoms with E-state index < -0.39 is 15.9 Å². The molecule has 0 bridgehead atoms. The third-order valence-electron chi connectivity index (χ3n) is 10.6. The molecular weight excluding hydrogens is 722 g/mol. The second-order valence-electron chi connectivity index (χ2n) is 15.0. The fourth-order valence-electron chi connectivity index (χ4n) is 7.49. The third-order valence-corrected chi connectivity index (χ3v) is 12.5. The van der Waals surface area contributed by atoms with Crippen LogP contribution >= 0.6 is 11.6 Å². The number of carbonyl (C=O) groups excluding carboxylic acids is 1. The van der Waals surface area contributed by atoms with Gasteiger partial charge in [-0.1, -0.05) is 29.8 Å². The molecule has 1 amide bonds. The summed E-state index contributed by atoms with van der Waals surface area (Å²) in [5.41, 5.74) is 8.24. The number of nitrogens with one attached hydrogen (secondary N) is 2. The summed E-state index contributed by atoms with van der Waals surface area (Å²) in [6.45, 7) is 16.1. The molecule has 4 heterocycles. The van der Waals surface area contributed by atoms with Crippen molar-refractivity contribution in [2.24, 2.45) is 0 Å². The molecule has 54 heavy (non-hydrogen) atoms. The van der Waals surface area contributed by atoms with Gasteiger partial charge in [0.25, 0.3) is 15.9 Å². The molecule has 2 aliphatic rings. The Morgan fingerprint density at radius 3 is 2.44 bits per heavy atom. The predicted octanol–water partition coefficient (Wildman–Crippen LogP) is 8.14. The number of H-pyrrole nitrogens is 1. The van der Waals surface area contributed by atoms with Crippen LogP contribution < -0.4 is 14.4 Å². The fraction of sp³-hybridized carbons (Fsp3) is 0.333. The zero-order valence-corrected chi connectivity index (χ0v) is 33.1. The van der Waals surface area contributed by atoms with E-state index >= 15 is 0 Å². The predicted molar refractivity (Wildman–Crippen MR) is 214 cm³/mol. The average Bonchev–Trinajstić information content (AvgIpc) is 3.60. The molecule has 0 aliphatic carbocycles. The van der Waals surface area contributed by atoms with Gasteiger partial charge in [-0.25, -0.2) is 18.1 Å². The summed E-state index contributed by atoms with van der Waals surface area (Å²) in [5.74, 6) is -0.131. The maximum atomic E-state index is 13.9. The van der Waals surface area contributed by atoms with E-state index in [0.29, 0.717) is 29.1 Å². The number of hydrogen-bond donors (Lipinski definition) is 2. The number of ether oxygens (including phenoxy) is 2. The van der Waals surface area contributed by atoms with Crippen molar-refractivity contribution in [3.05, 3.63) is 117 Å². The minimum atomic E-state index is -4.20. The number of carbonyl (C=O) groups is 1. The lowest BCUT2D eigenvalue weighted by Gasteiger charge is -2.39. The summed E-state index contributed by atoms with van der Waals surface area (Å²) >= 11 is 6.21. The van der Waals surface area contributed by atoms with Gasteiger partial charge < -0.3 is 19.4 Å². The first-order valence-corrected chi connectivity index (χ1v) is 20.0. The van der Waals surface area contributed by atoms with Crippen molar-refractivity contribution >= 4 is 49.8 Å². The van der Waals surface area contributed by atoms with Crippen molar-refractivity contribution < 1.29 is 22.7 Å². The summed E-state index contributed by atoms with van der Waals surface area (Å²) in [6.07, 6.45) is 4.19. The largest absolute Gasteiger partial charge is 0.455 e. The van der Waals surface area contributed by atoms with Gasteiger partial charge in [0.2, 0.25) is 0 Å². The van der Waals surface area contributed by atoms with Gasteiger partial charge in [-0.2, -0.15) is 0 Å². The van der Waals surface area contributed by atoms with E-state index in [1.54, 1.807) is 32.3 Å². The SMILES string of the molecule is Cc1cc(C)c(S(=O)(=O)NC(=O)c2ccc(N3CCN(CC4=C(c5ccc(Cl)cc5)CC(C)(C)OC4)CC3)cc2Oc2cnc3[nH]ccc3c2)c(C)c1C. The number of amides is 1. The van der Waals surface area contributed by atoms with E-state index in [1.807, 2.05) is 56.3 Å². The number of nitrogens with zero attached hydrogens (tertiary/aromatic N) is 3. The van der Waals surface area contributed by atoms with Crippen LogP contribution in [0.4, 0.5) is 5.69 Å². The van der Waals surface area contributed by atoms with Crippen LogP contribution in [0.2, 0.25) is 5.02 Å². The Labute approximate surface area is 322 Å². The van der Waals surface area contributed by atoms with Gasteiger partial charge >= 0.3 is 0 Å². The number of aromatic amines is 1. The van der Waals surface area contributed by atoms with Crippen LogP contribution in [0.25, 0.3) is 16.6 Å². The van der Waals surface area contributed by atoms with Crippen molar-refractivity contribution in [2.45, 2.75) is 58.5 Å². The molecule has 0 spiro atoms. The smallest absolute Gasteiger partial charge is 0.268 e. The molecule has 10 nitrogen and oxygen atoms in total. The van der Waals surface area contributed by atoms with Crippen molar-refractivity contribution in [3.8, 4) is 11.5 Å². The van der Waals surface area contributed by atoms with Crippen molar-refractivity contribution in [1.82, 2.24) is 19.6 Å². The standard InChI is InChI=1S/C42H46ClN5O5S/c1-26-19-27(2)39(29(4)28(26)3)54(50,51)46-41(49)36-12-11-34(21-38(36)53-35-20-31-13-14-44-40(31)45-23-35)48-17-15-47(16-18-48)24-32-25-52-42(5,6)22-37(32)30-7-9-33(43)10-8-30/h7-14,19-21,23H,15-18,22,24-25H2,1-6H3,(H,44,45)(H,46,49). The molecular formula is C42H46ClN5O5S. The van der Waals surface area contributed by atoms with E-state index in [1.165, 1.54) is 16.7 Å². The first kappa shape index (κ1) is 37.6. The molecule has 1 saturated heterocycles. The van der Waals surface area contributed by atoms with E-state index in [-0.39, 0.29) is 21.8 Å². The molecule has 5 aromatic rings. The Bertz CT molecular complexity index is 2380. The molecule has 2 N–H and O–H groups in total.